The Balaban J connectivity index is 1.91. The summed E-state index contributed by atoms with van der Waals surface area (Å²) in [6, 6.07) is 16.5. The molecular weight excluding hydrogens is 360 g/mol. The molecule has 27 heavy (non-hydrogen) atoms. The van der Waals surface area contributed by atoms with E-state index in [1.807, 2.05) is 51.1 Å². The third-order valence-corrected chi connectivity index (χ3v) is 4.73. The van der Waals surface area contributed by atoms with E-state index in [1.54, 1.807) is 28.8 Å². The Hall–Kier alpha value is -2.85. The summed E-state index contributed by atoms with van der Waals surface area (Å²) in [4.78, 5) is 25.6. The molecule has 3 aromatic rings. The van der Waals surface area contributed by atoms with Gasteiger partial charge < -0.3 is 5.32 Å². The van der Waals surface area contributed by atoms with Gasteiger partial charge in [0.1, 0.15) is 5.56 Å². The van der Waals surface area contributed by atoms with E-state index in [2.05, 4.69) is 5.32 Å². The van der Waals surface area contributed by atoms with Crippen LogP contribution in [0.15, 0.2) is 59.4 Å². The van der Waals surface area contributed by atoms with E-state index in [0.29, 0.717) is 11.6 Å². The predicted octanol–water partition coefficient (Wildman–Crippen LogP) is 4.35. The van der Waals surface area contributed by atoms with Crippen molar-refractivity contribution in [3.63, 3.8) is 0 Å². The van der Waals surface area contributed by atoms with Crippen molar-refractivity contribution < 1.29 is 4.79 Å². The van der Waals surface area contributed by atoms with Gasteiger partial charge in [-0.3, -0.25) is 14.2 Å². The van der Waals surface area contributed by atoms with Gasteiger partial charge in [0.2, 0.25) is 0 Å². The first-order chi connectivity index (χ1) is 12.9. The average molecular weight is 381 g/mol. The maximum atomic E-state index is 13.0. The SMILES string of the molecule is Cc1ccc(-n2c(C)ccc(C(=O)NCc3ccc(Cl)cc3)c2=O)c(C)c1. The zero-order valence-electron chi connectivity index (χ0n) is 15.5. The molecule has 0 bridgehead atoms. The van der Waals surface area contributed by atoms with Crippen molar-refractivity contribution in [1.82, 2.24) is 9.88 Å². The summed E-state index contributed by atoms with van der Waals surface area (Å²) in [5.74, 6) is -0.395. The van der Waals surface area contributed by atoms with Gasteiger partial charge in [0.05, 0.1) is 5.69 Å². The van der Waals surface area contributed by atoms with E-state index in [-0.39, 0.29) is 11.1 Å². The second-order valence-electron chi connectivity index (χ2n) is 6.63. The zero-order chi connectivity index (χ0) is 19.6. The van der Waals surface area contributed by atoms with Gasteiger partial charge in [-0.25, -0.2) is 0 Å². The Morgan fingerprint density at radius 3 is 2.37 bits per heavy atom. The fraction of sp³-hybridized carbons (Fsp3) is 0.182. The minimum Gasteiger partial charge on any atom is -0.348 e. The Labute approximate surface area is 163 Å². The Morgan fingerprint density at radius 2 is 1.70 bits per heavy atom. The number of carbonyl (C=O) groups excluding carboxylic acids is 1. The first-order valence-corrected chi connectivity index (χ1v) is 9.07. The van der Waals surface area contributed by atoms with Gasteiger partial charge in [-0.2, -0.15) is 0 Å². The Morgan fingerprint density at radius 1 is 1.00 bits per heavy atom. The van der Waals surface area contributed by atoms with E-state index in [0.717, 1.165) is 28.1 Å². The van der Waals surface area contributed by atoms with Crippen LogP contribution in [-0.2, 0) is 6.54 Å². The van der Waals surface area contributed by atoms with E-state index in [4.69, 9.17) is 11.6 Å². The predicted molar refractivity (Wildman–Crippen MR) is 109 cm³/mol. The topological polar surface area (TPSA) is 51.1 Å². The van der Waals surface area contributed by atoms with Crippen molar-refractivity contribution in [2.24, 2.45) is 0 Å². The minimum absolute atomic E-state index is 0.120. The number of amides is 1. The number of halogens is 1. The zero-order valence-corrected chi connectivity index (χ0v) is 16.3. The van der Waals surface area contributed by atoms with Crippen LogP contribution in [-0.4, -0.2) is 10.5 Å². The normalized spacial score (nSPS) is 10.7. The Bertz CT molecular complexity index is 1050. The van der Waals surface area contributed by atoms with E-state index < -0.39 is 5.91 Å². The molecule has 0 aliphatic rings. The van der Waals surface area contributed by atoms with E-state index in [1.165, 1.54) is 0 Å². The molecule has 1 heterocycles. The van der Waals surface area contributed by atoms with Crippen LogP contribution in [0.3, 0.4) is 0 Å². The molecule has 2 aromatic carbocycles. The minimum atomic E-state index is -0.395. The lowest BCUT2D eigenvalue weighted by atomic mass is 10.1. The number of benzene rings is 2. The monoisotopic (exact) mass is 380 g/mol. The molecular formula is C22H21ClN2O2. The van der Waals surface area contributed by atoms with Crippen LogP contribution in [0, 0.1) is 20.8 Å². The average Bonchev–Trinajstić information content (AvgIpc) is 2.63. The van der Waals surface area contributed by atoms with Crippen LogP contribution >= 0.6 is 11.6 Å². The standard InChI is InChI=1S/C22H21ClN2O2/c1-14-4-11-20(15(2)12-14)25-16(3)5-10-19(22(25)27)21(26)24-13-17-6-8-18(23)9-7-17/h4-12H,13H2,1-3H3,(H,24,26). The van der Waals surface area contributed by atoms with Gasteiger partial charge in [0.25, 0.3) is 11.5 Å². The highest BCUT2D eigenvalue weighted by Crippen LogP contribution is 2.16. The van der Waals surface area contributed by atoms with Crippen molar-refractivity contribution in [2.75, 3.05) is 0 Å². The number of rotatable bonds is 4. The van der Waals surface area contributed by atoms with Gasteiger partial charge in [-0.05, 0) is 62.2 Å². The maximum absolute atomic E-state index is 13.0. The largest absolute Gasteiger partial charge is 0.348 e. The molecule has 1 aromatic heterocycles. The lowest BCUT2D eigenvalue weighted by molar-refractivity contribution is 0.0949. The molecule has 0 unspecified atom stereocenters. The molecule has 0 spiro atoms. The third kappa shape index (κ3) is 4.12. The summed E-state index contributed by atoms with van der Waals surface area (Å²) < 4.78 is 1.59. The number of pyridine rings is 1. The second-order valence-corrected chi connectivity index (χ2v) is 7.06. The molecule has 1 N–H and O–H groups in total. The molecule has 5 heteroatoms. The molecule has 4 nitrogen and oxygen atoms in total. The third-order valence-electron chi connectivity index (χ3n) is 4.48. The number of aromatic nitrogens is 1. The second kappa shape index (κ2) is 7.80. The molecule has 138 valence electrons. The fourth-order valence-corrected chi connectivity index (χ4v) is 3.16. The summed E-state index contributed by atoms with van der Waals surface area (Å²) in [5.41, 5.74) is 4.38. The summed E-state index contributed by atoms with van der Waals surface area (Å²) in [5, 5.41) is 3.44. The molecule has 1 amide bonds. The van der Waals surface area contributed by atoms with Crippen molar-refractivity contribution >= 4 is 17.5 Å². The molecule has 0 atom stereocenters. The maximum Gasteiger partial charge on any atom is 0.268 e. The molecule has 0 aliphatic carbocycles. The number of aryl methyl sites for hydroxylation is 3. The fourth-order valence-electron chi connectivity index (χ4n) is 3.04. The Kier molecular flexibility index (Phi) is 5.47. The van der Waals surface area contributed by atoms with Gasteiger partial charge >= 0.3 is 0 Å². The van der Waals surface area contributed by atoms with Crippen LogP contribution in [0.5, 0.6) is 0 Å². The highest BCUT2D eigenvalue weighted by atomic mass is 35.5. The van der Waals surface area contributed by atoms with Crippen LogP contribution in [0.2, 0.25) is 5.02 Å². The first kappa shape index (κ1) is 18.9. The van der Waals surface area contributed by atoms with Crippen LogP contribution < -0.4 is 10.9 Å². The van der Waals surface area contributed by atoms with E-state index >= 15 is 0 Å². The molecule has 0 fully saturated rings. The number of nitrogens with one attached hydrogen (secondary N) is 1. The quantitative estimate of drug-likeness (QED) is 0.731. The molecule has 0 saturated heterocycles. The van der Waals surface area contributed by atoms with Crippen molar-refractivity contribution in [3.05, 3.63) is 97.9 Å². The van der Waals surface area contributed by atoms with Gasteiger partial charge in [0.15, 0.2) is 0 Å². The van der Waals surface area contributed by atoms with Gasteiger partial charge in [-0.15, -0.1) is 0 Å². The molecule has 0 aliphatic heterocycles. The highest BCUT2D eigenvalue weighted by Gasteiger charge is 2.15. The molecule has 0 radical (unpaired) electrons. The van der Waals surface area contributed by atoms with Crippen LogP contribution in [0.1, 0.15) is 32.7 Å². The van der Waals surface area contributed by atoms with Crippen LogP contribution in [0.4, 0.5) is 0 Å². The number of nitrogens with zero attached hydrogens (tertiary/aromatic N) is 1. The van der Waals surface area contributed by atoms with Gasteiger partial charge in [-0.1, -0.05) is 41.4 Å². The lowest BCUT2D eigenvalue weighted by Gasteiger charge is -2.15. The first-order valence-electron chi connectivity index (χ1n) is 8.70. The highest BCUT2D eigenvalue weighted by molar-refractivity contribution is 6.30. The van der Waals surface area contributed by atoms with Crippen LogP contribution in [0.25, 0.3) is 5.69 Å². The van der Waals surface area contributed by atoms with Crippen molar-refractivity contribution in [1.29, 1.82) is 0 Å². The van der Waals surface area contributed by atoms with Gasteiger partial charge in [0, 0.05) is 17.3 Å². The van der Waals surface area contributed by atoms with E-state index in [9.17, 15) is 9.59 Å². The summed E-state index contributed by atoms with van der Waals surface area (Å²) in [6.07, 6.45) is 0. The summed E-state index contributed by atoms with van der Waals surface area (Å²) >= 11 is 5.87. The van der Waals surface area contributed by atoms with Crippen molar-refractivity contribution in [2.45, 2.75) is 27.3 Å². The smallest absolute Gasteiger partial charge is 0.268 e. The number of hydrogen-bond donors (Lipinski definition) is 1. The lowest BCUT2D eigenvalue weighted by Crippen LogP contribution is -2.33. The van der Waals surface area contributed by atoms with Crippen molar-refractivity contribution in [3.8, 4) is 5.69 Å². The molecule has 3 rings (SSSR count). The molecule has 0 saturated carbocycles. The number of hydrogen-bond acceptors (Lipinski definition) is 2. The summed E-state index contributed by atoms with van der Waals surface area (Å²) in [7, 11) is 0. The summed E-state index contributed by atoms with van der Waals surface area (Å²) in [6.45, 7) is 6.15. The number of carbonyl (C=O) groups is 1.